The first-order valence-corrected chi connectivity index (χ1v) is 6.86. The van der Waals surface area contributed by atoms with Crippen LogP contribution in [0, 0.1) is 34.0 Å². The Morgan fingerprint density at radius 3 is 2.29 bits per heavy atom. The topological polar surface area (TPSA) is 110 Å². The van der Waals surface area contributed by atoms with Crippen LogP contribution in [0.15, 0.2) is 32.3 Å². The Morgan fingerprint density at radius 1 is 1.19 bits per heavy atom. The van der Waals surface area contributed by atoms with E-state index < -0.39 is 5.97 Å². The second-order valence-corrected chi connectivity index (χ2v) is 5.28. The molecule has 0 aliphatic carbocycles. The van der Waals surface area contributed by atoms with Crippen molar-refractivity contribution >= 4 is 43.5 Å². The fourth-order valence-corrected chi connectivity index (χ4v) is 2.70. The van der Waals surface area contributed by atoms with Gasteiger partial charge in [-0.05, 0) is 28.1 Å². The molecule has 21 heavy (non-hydrogen) atoms. The fourth-order valence-electron chi connectivity index (χ4n) is 1.38. The zero-order valence-electron chi connectivity index (χ0n) is 10.6. The van der Waals surface area contributed by atoms with Crippen LogP contribution in [0.3, 0.4) is 0 Å². The summed E-state index contributed by atoms with van der Waals surface area (Å²) in [7, 11) is 1.22. The number of esters is 1. The summed E-state index contributed by atoms with van der Waals surface area (Å²) in [6.07, 6.45) is 0. The third-order valence-electron chi connectivity index (χ3n) is 2.30. The van der Waals surface area contributed by atoms with E-state index in [2.05, 4.69) is 41.9 Å². The number of methoxy groups -OCH3 is 1. The van der Waals surface area contributed by atoms with Crippen molar-refractivity contribution in [2.75, 3.05) is 12.4 Å². The molecule has 1 rings (SSSR count). The van der Waals surface area contributed by atoms with Crippen LogP contribution in [0.4, 0.5) is 5.69 Å². The van der Waals surface area contributed by atoms with Gasteiger partial charge in [0.25, 0.3) is 0 Å². The number of allylic oxidation sites excluding steroid dienone is 2. The van der Waals surface area contributed by atoms with Gasteiger partial charge < -0.3 is 10.1 Å². The molecule has 104 valence electrons. The Bertz CT molecular complexity index is 735. The highest BCUT2D eigenvalue weighted by molar-refractivity contribution is 9.11. The summed E-state index contributed by atoms with van der Waals surface area (Å²) in [6, 6.07) is 8.07. The van der Waals surface area contributed by atoms with Crippen molar-refractivity contribution in [3.63, 3.8) is 0 Å². The van der Waals surface area contributed by atoms with Gasteiger partial charge in [0.15, 0.2) is 5.57 Å². The Morgan fingerprint density at radius 2 is 1.81 bits per heavy atom. The molecular formula is C13H6Br2N4O2. The van der Waals surface area contributed by atoms with Gasteiger partial charge in [-0.2, -0.15) is 15.8 Å². The first kappa shape index (κ1) is 16.7. The van der Waals surface area contributed by atoms with Crippen molar-refractivity contribution in [3.05, 3.63) is 37.9 Å². The summed E-state index contributed by atoms with van der Waals surface area (Å²) in [6.45, 7) is 0. The Kier molecular flexibility index (Phi) is 5.92. The monoisotopic (exact) mass is 408 g/mol. The van der Waals surface area contributed by atoms with E-state index in [9.17, 15) is 4.79 Å². The van der Waals surface area contributed by atoms with Crippen molar-refractivity contribution in [3.8, 4) is 18.2 Å². The molecule has 0 radical (unpaired) electrons. The van der Waals surface area contributed by atoms with Crippen molar-refractivity contribution in [2.45, 2.75) is 0 Å². The number of rotatable bonds is 3. The predicted molar refractivity (Wildman–Crippen MR) is 80.7 cm³/mol. The second kappa shape index (κ2) is 7.44. The van der Waals surface area contributed by atoms with Gasteiger partial charge in [-0.1, -0.05) is 15.9 Å². The Labute approximate surface area is 137 Å². The van der Waals surface area contributed by atoms with Gasteiger partial charge in [-0.3, -0.25) is 0 Å². The molecule has 0 aliphatic rings. The number of hydrogen-bond acceptors (Lipinski definition) is 6. The minimum Gasteiger partial charge on any atom is -0.465 e. The summed E-state index contributed by atoms with van der Waals surface area (Å²) in [5.41, 5.74) is -0.275. The van der Waals surface area contributed by atoms with Gasteiger partial charge in [-0.15, -0.1) is 0 Å². The van der Waals surface area contributed by atoms with E-state index >= 15 is 0 Å². The van der Waals surface area contributed by atoms with Gasteiger partial charge in [0.05, 0.1) is 18.4 Å². The maximum absolute atomic E-state index is 11.8. The smallest absolute Gasteiger partial charge is 0.340 e. The molecule has 0 spiro atoms. The summed E-state index contributed by atoms with van der Waals surface area (Å²) in [5.74, 6) is -0.632. The van der Waals surface area contributed by atoms with Crippen LogP contribution in [-0.2, 0) is 4.74 Å². The van der Waals surface area contributed by atoms with E-state index in [4.69, 9.17) is 15.8 Å². The lowest BCUT2D eigenvalue weighted by atomic mass is 10.1. The average molecular weight is 410 g/mol. The standard InChI is InChI=1S/C13H6Br2N4O2/c1-21-13(20)9-2-8(14)3-10(15)12(9)19-11(6-18)7(4-16)5-17/h2-3,19H,1H3. The second-order valence-electron chi connectivity index (χ2n) is 3.51. The van der Waals surface area contributed by atoms with E-state index in [1.54, 1.807) is 24.3 Å². The normalized spacial score (nSPS) is 8.76. The first-order valence-electron chi connectivity index (χ1n) is 5.27. The average Bonchev–Trinajstić information content (AvgIpc) is 2.48. The molecule has 0 unspecified atom stereocenters. The lowest BCUT2D eigenvalue weighted by Gasteiger charge is -2.12. The van der Waals surface area contributed by atoms with Gasteiger partial charge in [0, 0.05) is 8.95 Å². The summed E-state index contributed by atoms with van der Waals surface area (Å²) in [5, 5.41) is 29.3. The minimum absolute atomic E-state index is 0.140. The molecule has 0 atom stereocenters. The number of nitrogens with one attached hydrogen (secondary N) is 1. The lowest BCUT2D eigenvalue weighted by Crippen LogP contribution is -2.09. The lowest BCUT2D eigenvalue weighted by molar-refractivity contribution is 0.0601. The molecular weight excluding hydrogens is 404 g/mol. The highest BCUT2D eigenvalue weighted by Gasteiger charge is 2.18. The number of nitriles is 3. The fraction of sp³-hybridized carbons (Fsp3) is 0.0769. The van der Waals surface area contributed by atoms with Crippen molar-refractivity contribution in [1.29, 1.82) is 15.8 Å². The molecule has 0 amide bonds. The van der Waals surface area contributed by atoms with Gasteiger partial charge in [0.1, 0.15) is 23.9 Å². The van der Waals surface area contributed by atoms with E-state index in [0.717, 1.165) is 0 Å². The van der Waals surface area contributed by atoms with Crippen molar-refractivity contribution in [1.82, 2.24) is 0 Å². The third kappa shape index (κ3) is 3.82. The molecule has 0 bridgehead atoms. The molecule has 0 aliphatic heterocycles. The number of nitrogens with zero attached hydrogens (tertiary/aromatic N) is 3. The molecule has 1 aromatic carbocycles. The first-order chi connectivity index (χ1) is 9.98. The minimum atomic E-state index is -0.632. The Hall–Kier alpha value is -2.34. The molecule has 6 nitrogen and oxygen atoms in total. The van der Waals surface area contributed by atoms with Crippen LogP contribution in [-0.4, -0.2) is 13.1 Å². The number of ether oxygens (including phenoxy) is 1. The maximum Gasteiger partial charge on any atom is 0.340 e. The zero-order valence-corrected chi connectivity index (χ0v) is 13.7. The van der Waals surface area contributed by atoms with E-state index in [1.165, 1.54) is 13.2 Å². The van der Waals surface area contributed by atoms with Gasteiger partial charge in [0.2, 0.25) is 0 Å². The van der Waals surface area contributed by atoms with Gasteiger partial charge >= 0.3 is 5.97 Å². The molecule has 0 aromatic heterocycles. The maximum atomic E-state index is 11.8. The highest BCUT2D eigenvalue weighted by Crippen LogP contribution is 2.32. The van der Waals surface area contributed by atoms with Crippen molar-refractivity contribution in [2.24, 2.45) is 0 Å². The van der Waals surface area contributed by atoms with Crippen LogP contribution in [0.2, 0.25) is 0 Å². The predicted octanol–water partition coefficient (Wildman–Crippen LogP) is 3.23. The molecule has 1 aromatic rings. The van der Waals surface area contributed by atoms with E-state index in [0.29, 0.717) is 8.95 Å². The van der Waals surface area contributed by atoms with Crippen LogP contribution in [0.5, 0.6) is 0 Å². The third-order valence-corrected chi connectivity index (χ3v) is 3.38. The highest BCUT2D eigenvalue weighted by atomic mass is 79.9. The van der Waals surface area contributed by atoms with Crippen LogP contribution >= 0.6 is 31.9 Å². The largest absolute Gasteiger partial charge is 0.465 e. The molecule has 0 fully saturated rings. The number of anilines is 1. The van der Waals surface area contributed by atoms with Crippen LogP contribution in [0.1, 0.15) is 10.4 Å². The number of halogens is 2. The quantitative estimate of drug-likeness (QED) is 0.606. The van der Waals surface area contributed by atoms with Crippen molar-refractivity contribution < 1.29 is 9.53 Å². The van der Waals surface area contributed by atoms with Crippen LogP contribution < -0.4 is 5.32 Å². The molecule has 0 heterocycles. The SMILES string of the molecule is COC(=O)c1cc(Br)cc(Br)c1NC(C#N)=C(C#N)C#N. The molecule has 8 heteroatoms. The molecule has 0 saturated heterocycles. The number of carbonyl (C=O) groups is 1. The van der Waals surface area contributed by atoms with E-state index in [-0.39, 0.29) is 22.5 Å². The number of hydrogen-bond donors (Lipinski definition) is 1. The number of carbonyl (C=O) groups excluding carboxylic acids is 1. The summed E-state index contributed by atoms with van der Waals surface area (Å²) >= 11 is 6.48. The zero-order chi connectivity index (χ0) is 16.0. The summed E-state index contributed by atoms with van der Waals surface area (Å²) in [4.78, 5) is 11.8. The van der Waals surface area contributed by atoms with Gasteiger partial charge in [-0.25, -0.2) is 4.79 Å². The Balaban J connectivity index is 3.49. The summed E-state index contributed by atoms with van der Waals surface area (Å²) < 4.78 is 5.74. The van der Waals surface area contributed by atoms with Crippen LogP contribution in [0.25, 0.3) is 0 Å². The number of benzene rings is 1. The molecule has 0 saturated carbocycles. The van der Waals surface area contributed by atoms with E-state index in [1.807, 2.05) is 0 Å². The molecule has 1 N–H and O–H groups in total.